The first-order valence-electron chi connectivity index (χ1n) is 10.5. The van der Waals surface area contributed by atoms with Gasteiger partial charge in [0.05, 0.1) is 22.3 Å². The van der Waals surface area contributed by atoms with Crippen LogP contribution in [0.25, 0.3) is 28.1 Å². The fraction of sp³-hybridized carbons (Fsp3) is 0.0741. The Kier molecular flexibility index (Phi) is 6.58. The summed E-state index contributed by atoms with van der Waals surface area (Å²) in [6.45, 7) is 1.97. The molecule has 4 rings (SSSR count). The van der Waals surface area contributed by atoms with E-state index in [-0.39, 0.29) is 5.02 Å². The molecule has 0 bridgehead atoms. The zero-order valence-corrected chi connectivity index (χ0v) is 18.9. The van der Waals surface area contributed by atoms with Crippen LogP contribution in [0.1, 0.15) is 41.2 Å². The predicted molar refractivity (Wildman–Crippen MR) is 132 cm³/mol. The normalized spacial score (nSPS) is 12.1. The van der Waals surface area contributed by atoms with Gasteiger partial charge in [-0.3, -0.25) is 5.10 Å². The lowest BCUT2D eigenvalue weighted by molar-refractivity contribution is -0.131. The van der Waals surface area contributed by atoms with Gasteiger partial charge < -0.3 is 5.11 Å². The molecule has 0 aliphatic rings. The van der Waals surface area contributed by atoms with Crippen LogP contribution < -0.4 is 0 Å². The summed E-state index contributed by atoms with van der Waals surface area (Å²) in [7, 11) is 0. The number of nitriles is 1. The molecule has 0 aliphatic heterocycles. The molecule has 0 unspecified atom stereocenters. The summed E-state index contributed by atoms with van der Waals surface area (Å²) in [5.74, 6) is -1.46. The highest BCUT2D eigenvalue weighted by atomic mass is 35.5. The number of carboxylic acid groups (broad SMARTS) is 1. The minimum Gasteiger partial charge on any atom is -0.478 e. The summed E-state index contributed by atoms with van der Waals surface area (Å²) < 4.78 is 13.8. The highest BCUT2D eigenvalue weighted by molar-refractivity contribution is 6.32. The number of nitrogens with zero attached hydrogens (tertiary/aromatic N) is 2. The molecule has 0 saturated heterocycles. The summed E-state index contributed by atoms with van der Waals surface area (Å²) in [5.41, 5.74) is 5.72. The number of hydrogen-bond donors (Lipinski definition) is 2. The maximum absolute atomic E-state index is 13.8. The summed E-state index contributed by atoms with van der Waals surface area (Å²) >= 11 is 6.45. The van der Waals surface area contributed by atoms with E-state index in [0.29, 0.717) is 34.1 Å². The Labute approximate surface area is 200 Å². The van der Waals surface area contributed by atoms with Crippen molar-refractivity contribution in [1.82, 2.24) is 10.2 Å². The molecule has 0 amide bonds. The van der Waals surface area contributed by atoms with Crippen LogP contribution in [0.15, 0.2) is 66.9 Å². The van der Waals surface area contributed by atoms with Crippen LogP contribution in [0.4, 0.5) is 4.39 Å². The predicted octanol–water partition coefficient (Wildman–Crippen LogP) is 6.69. The molecule has 1 heterocycles. The topological polar surface area (TPSA) is 89.8 Å². The van der Waals surface area contributed by atoms with Gasteiger partial charge in [0, 0.05) is 17.0 Å². The molecule has 168 valence electrons. The van der Waals surface area contributed by atoms with Crippen LogP contribution in [0.5, 0.6) is 0 Å². The molecule has 3 aromatic carbocycles. The lowest BCUT2D eigenvalue weighted by Gasteiger charge is -2.19. The zero-order valence-electron chi connectivity index (χ0n) is 18.1. The Morgan fingerprint density at radius 3 is 2.56 bits per heavy atom. The van der Waals surface area contributed by atoms with Crippen molar-refractivity contribution in [3.63, 3.8) is 0 Å². The van der Waals surface area contributed by atoms with E-state index in [1.165, 1.54) is 18.2 Å². The molecule has 0 radical (unpaired) electrons. The second-order valence-electron chi connectivity index (χ2n) is 7.56. The average Bonchev–Trinajstić information content (AvgIpc) is 3.31. The number of rotatable bonds is 6. The number of carbonyl (C=O) groups is 1. The molecule has 0 saturated carbocycles. The van der Waals surface area contributed by atoms with E-state index in [9.17, 15) is 14.4 Å². The van der Waals surface area contributed by atoms with Gasteiger partial charge in [0.1, 0.15) is 11.9 Å². The van der Waals surface area contributed by atoms with Crippen molar-refractivity contribution in [3.05, 3.63) is 106 Å². The van der Waals surface area contributed by atoms with Gasteiger partial charge in [-0.2, -0.15) is 10.4 Å². The molecule has 0 spiro atoms. The van der Waals surface area contributed by atoms with E-state index in [1.807, 2.05) is 31.2 Å². The van der Waals surface area contributed by atoms with Crippen molar-refractivity contribution in [2.45, 2.75) is 13.3 Å². The second kappa shape index (κ2) is 9.74. The highest BCUT2D eigenvalue weighted by Gasteiger charge is 2.20. The Bertz CT molecular complexity index is 1490. The number of H-pyrrole nitrogens is 1. The maximum atomic E-state index is 13.8. The van der Waals surface area contributed by atoms with E-state index in [4.69, 9.17) is 16.7 Å². The number of fused-ring (bicyclic) bond motifs is 1. The van der Waals surface area contributed by atoms with Crippen LogP contribution in [0, 0.1) is 17.1 Å². The van der Waals surface area contributed by atoms with E-state index in [2.05, 4.69) is 16.3 Å². The molecule has 1 aromatic heterocycles. The SMILES string of the molecule is CC/C(=C(/c1ccc(/C=C/C(=O)O)cc1)c1ccc2[nH]ncc2c1C#N)c1ccc(F)cc1Cl. The smallest absolute Gasteiger partial charge is 0.328 e. The van der Waals surface area contributed by atoms with Gasteiger partial charge >= 0.3 is 5.97 Å². The van der Waals surface area contributed by atoms with Crippen LogP contribution in [0.3, 0.4) is 0 Å². The van der Waals surface area contributed by atoms with E-state index < -0.39 is 11.8 Å². The van der Waals surface area contributed by atoms with Gasteiger partial charge in [0.2, 0.25) is 0 Å². The monoisotopic (exact) mass is 471 g/mol. The van der Waals surface area contributed by atoms with Crippen molar-refractivity contribution in [2.75, 3.05) is 0 Å². The fourth-order valence-corrected chi connectivity index (χ4v) is 4.28. The molecule has 2 N–H and O–H groups in total. The van der Waals surface area contributed by atoms with Gasteiger partial charge in [-0.05, 0) is 58.5 Å². The molecule has 0 atom stereocenters. The molecule has 0 aliphatic carbocycles. The quantitative estimate of drug-likeness (QED) is 0.242. The van der Waals surface area contributed by atoms with Crippen molar-refractivity contribution in [3.8, 4) is 6.07 Å². The van der Waals surface area contributed by atoms with Crippen molar-refractivity contribution >= 4 is 45.7 Å². The van der Waals surface area contributed by atoms with Gasteiger partial charge in [-0.1, -0.05) is 54.9 Å². The molecule has 0 fully saturated rings. The molecule has 7 heteroatoms. The number of allylic oxidation sites excluding steroid dienone is 1. The molecule has 34 heavy (non-hydrogen) atoms. The second-order valence-corrected chi connectivity index (χ2v) is 7.96. The minimum absolute atomic E-state index is 0.276. The number of carboxylic acids is 1. The number of hydrogen-bond acceptors (Lipinski definition) is 3. The summed E-state index contributed by atoms with van der Waals surface area (Å²) in [6, 6.07) is 17.6. The molecule has 4 aromatic rings. The summed E-state index contributed by atoms with van der Waals surface area (Å²) in [5, 5.41) is 26.9. The zero-order chi connectivity index (χ0) is 24.2. The molecular weight excluding hydrogens is 453 g/mol. The van der Waals surface area contributed by atoms with Crippen LogP contribution in [-0.2, 0) is 4.79 Å². The largest absolute Gasteiger partial charge is 0.478 e. The van der Waals surface area contributed by atoms with Gasteiger partial charge in [-0.25, -0.2) is 9.18 Å². The number of nitrogens with one attached hydrogen (secondary N) is 1. The maximum Gasteiger partial charge on any atom is 0.328 e. The van der Waals surface area contributed by atoms with Gasteiger partial charge in [-0.15, -0.1) is 0 Å². The third-order valence-corrected chi connectivity index (χ3v) is 5.85. The third kappa shape index (κ3) is 4.47. The lowest BCUT2D eigenvalue weighted by atomic mass is 9.85. The number of aliphatic carboxylic acids is 1. The standard InChI is InChI=1S/C27H19ClFN3O2/c1-2-19(20-9-8-18(29)13-24(20)28)27(17-6-3-16(4-7-17)5-12-26(33)34)21-10-11-25-23(15-31-32-25)22(21)14-30/h3-13,15H,2H2,1H3,(H,31,32)(H,33,34)/b12-5+,27-19+. The first kappa shape index (κ1) is 23.0. The molecule has 5 nitrogen and oxygen atoms in total. The van der Waals surface area contributed by atoms with Crippen molar-refractivity contribution in [2.24, 2.45) is 0 Å². The van der Waals surface area contributed by atoms with Gasteiger partial charge in [0.15, 0.2) is 0 Å². The minimum atomic E-state index is -1.03. The van der Waals surface area contributed by atoms with E-state index >= 15 is 0 Å². The number of halogens is 2. The Morgan fingerprint density at radius 2 is 1.91 bits per heavy atom. The third-order valence-electron chi connectivity index (χ3n) is 5.53. The Hall–Kier alpha value is -4.21. The summed E-state index contributed by atoms with van der Waals surface area (Å²) in [6.07, 6.45) is 4.76. The van der Waals surface area contributed by atoms with Crippen molar-refractivity contribution in [1.29, 1.82) is 5.26 Å². The number of aromatic amines is 1. The first-order valence-corrected chi connectivity index (χ1v) is 10.9. The first-order chi connectivity index (χ1) is 16.4. The van der Waals surface area contributed by atoms with E-state index in [1.54, 1.807) is 24.4 Å². The molecular formula is C27H19ClFN3O2. The van der Waals surface area contributed by atoms with Crippen LogP contribution >= 0.6 is 11.6 Å². The Balaban J connectivity index is 2.02. The lowest BCUT2D eigenvalue weighted by Crippen LogP contribution is -1.99. The highest BCUT2D eigenvalue weighted by Crippen LogP contribution is 2.39. The number of benzene rings is 3. The summed E-state index contributed by atoms with van der Waals surface area (Å²) in [4.78, 5) is 10.9. The van der Waals surface area contributed by atoms with Crippen molar-refractivity contribution < 1.29 is 14.3 Å². The Morgan fingerprint density at radius 1 is 1.18 bits per heavy atom. The van der Waals surface area contributed by atoms with Gasteiger partial charge in [0.25, 0.3) is 0 Å². The number of aromatic nitrogens is 2. The van der Waals surface area contributed by atoms with E-state index in [0.717, 1.165) is 28.3 Å². The van der Waals surface area contributed by atoms with Crippen LogP contribution in [-0.4, -0.2) is 21.3 Å². The van der Waals surface area contributed by atoms with Crippen LogP contribution in [0.2, 0.25) is 5.02 Å². The fourth-order valence-electron chi connectivity index (χ4n) is 4.00. The average molecular weight is 472 g/mol.